The highest BCUT2D eigenvalue weighted by Gasteiger charge is 2.33. The summed E-state index contributed by atoms with van der Waals surface area (Å²) in [6.45, 7) is 7.95. The van der Waals surface area contributed by atoms with Gasteiger partial charge >= 0.3 is 11.5 Å². The minimum Gasteiger partial charge on any atom is -0.871 e. The second kappa shape index (κ2) is 12.8. The van der Waals surface area contributed by atoms with Crippen molar-refractivity contribution in [1.82, 2.24) is 0 Å². The standard InChI is InChI=1S/C41H35FO6/c1-24(28-21-36(26-10-8-7-9-11-26)48-37(22-28)41(2,3)4)38-39(43)33(40(38)44)16-25-17-34(27-12-14-30(42)15-13-27)47-35(18-25)29-19-31(45-5)23-32(20-29)46-6/h7-23H,1-6H3. The Morgan fingerprint density at radius 3 is 2.04 bits per heavy atom. The number of ether oxygens (including phenoxy) is 3. The first kappa shape index (κ1) is 32.3. The molecule has 0 spiro atoms. The Morgan fingerprint density at radius 2 is 1.46 bits per heavy atom. The van der Waals surface area contributed by atoms with Gasteiger partial charge in [0.05, 0.1) is 31.3 Å². The van der Waals surface area contributed by atoms with Gasteiger partial charge in [0, 0.05) is 34.4 Å². The van der Waals surface area contributed by atoms with E-state index in [4.69, 9.17) is 18.6 Å². The smallest absolute Gasteiger partial charge is 0.360 e. The summed E-state index contributed by atoms with van der Waals surface area (Å²) >= 11 is 0. The number of methoxy groups -OCH3 is 2. The van der Waals surface area contributed by atoms with Crippen molar-refractivity contribution in [2.24, 2.45) is 0 Å². The highest BCUT2D eigenvalue weighted by molar-refractivity contribution is 6.24. The summed E-state index contributed by atoms with van der Waals surface area (Å²) in [7, 11) is 3.11. The van der Waals surface area contributed by atoms with E-state index in [-0.39, 0.29) is 33.9 Å². The summed E-state index contributed by atoms with van der Waals surface area (Å²) in [5.41, 5.74) is 3.94. The molecule has 0 atom stereocenters. The topological polar surface area (TPSA) is 79.1 Å². The molecule has 3 aromatic carbocycles. The van der Waals surface area contributed by atoms with Crippen molar-refractivity contribution in [2.45, 2.75) is 33.1 Å². The lowest BCUT2D eigenvalue weighted by Gasteiger charge is -2.31. The lowest BCUT2D eigenvalue weighted by Crippen LogP contribution is -2.30. The van der Waals surface area contributed by atoms with Crippen LogP contribution in [-0.4, -0.2) is 20.0 Å². The molecule has 7 heteroatoms. The summed E-state index contributed by atoms with van der Waals surface area (Å²) in [6.07, 6.45) is 5.03. The largest absolute Gasteiger partial charge is 0.871 e. The number of rotatable bonds is 7. The third-order valence-electron chi connectivity index (χ3n) is 8.23. The number of hydrogen-bond acceptors (Lipinski definition) is 5. The Balaban J connectivity index is 1.44. The highest BCUT2D eigenvalue weighted by atomic mass is 19.1. The Labute approximate surface area is 279 Å². The Hall–Kier alpha value is -5.69. The van der Waals surface area contributed by atoms with Gasteiger partial charge in [0.2, 0.25) is 0 Å². The fourth-order valence-corrected chi connectivity index (χ4v) is 5.48. The summed E-state index contributed by atoms with van der Waals surface area (Å²) < 4.78 is 37.2. The summed E-state index contributed by atoms with van der Waals surface area (Å²) in [5.74, 6) is 2.28. The number of hydrogen-bond donors (Lipinski definition) is 0. The number of ketones is 1. The molecule has 242 valence electrons. The predicted octanol–water partition coefficient (Wildman–Crippen LogP) is 8.69. The van der Waals surface area contributed by atoms with Gasteiger partial charge in [-0.2, -0.15) is 0 Å². The van der Waals surface area contributed by atoms with Crippen LogP contribution in [0.5, 0.6) is 11.5 Å². The molecule has 0 saturated heterocycles. The molecule has 1 aliphatic carbocycles. The number of halogens is 1. The van der Waals surface area contributed by atoms with E-state index in [0.29, 0.717) is 51.1 Å². The van der Waals surface area contributed by atoms with E-state index in [0.717, 1.165) is 16.9 Å². The van der Waals surface area contributed by atoms with Crippen molar-refractivity contribution in [1.29, 1.82) is 0 Å². The molecule has 48 heavy (non-hydrogen) atoms. The zero-order chi connectivity index (χ0) is 34.2. The summed E-state index contributed by atoms with van der Waals surface area (Å²) in [5, 5.41) is 13.7. The second-order valence-electron chi connectivity index (χ2n) is 12.6. The Kier molecular flexibility index (Phi) is 8.63. The van der Waals surface area contributed by atoms with Crippen molar-refractivity contribution < 1.29 is 32.9 Å². The third-order valence-corrected chi connectivity index (χ3v) is 8.23. The molecular formula is C41H35FO6. The quantitative estimate of drug-likeness (QED) is 0.148. The molecule has 2 aliphatic rings. The van der Waals surface area contributed by atoms with Crippen LogP contribution in [0.15, 0.2) is 130 Å². The minimum atomic E-state index is -0.382. The summed E-state index contributed by atoms with van der Waals surface area (Å²) in [6, 6.07) is 24.7. The first-order chi connectivity index (χ1) is 22.9. The van der Waals surface area contributed by atoms with E-state index < -0.39 is 0 Å². The lowest BCUT2D eigenvalue weighted by atomic mass is 9.81. The molecule has 6 rings (SSSR count). The van der Waals surface area contributed by atoms with Crippen LogP contribution in [0.25, 0.3) is 28.4 Å². The van der Waals surface area contributed by atoms with Gasteiger partial charge in [-0.05, 0) is 111 Å². The van der Waals surface area contributed by atoms with Crippen LogP contribution in [0, 0.1) is 5.82 Å². The van der Waals surface area contributed by atoms with E-state index in [1.807, 2.05) is 42.5 Å². The molecule has 2 heterocycles. The van der Waals surface area contributed by atoms with E-state index in [9.17, 15) is 14.3 Å². The molecule has 4 aromatic rings. The maximum absolute atomic E-state index is 13.8. The van der Waals surface area contributed by atoms with E-state index in [1.54, 1.807) is 69.7 Å². The van der Waals surface area contributed by atoms with E-state index in [1.165, 1.54) is 12.1 Å². The van der Waals surface area contributed by atoms with Gasteiger partial charge < -0.3 is 19.3 Å². The molecule has 1 aromatic heterocycles. The van der Waals surface area contributed by atoms with Gasteiger partial charge in [0.25, 0.3) is 0 Å². The monoisotopic (exact) mass is 642 g/mol. The lowest BCUT2D eigenvalue weighted by molar-refractivity contribution is -0.300. The molecule has 0 bridgehead atoms. The molecule has 1 aliphatic heterocycles. The average molecular weight is 643 g/mol. The fourth-order valence-electron chi connectivity index (χ4n) is 5.48. The first-order valence-electron chi connectivity index (χ1n) is 15.5. The second-order valence-corrected chi connectivity index (χ2v) is 12.6. The molecular weight excluding hydrogens is 607 g/mol. The van der Waals surface area contributed by atoms with Gasteiger partial charge in [-0.1, -0.05) is 24.0 Å². The van der Waals surface area contributed by atoms with Crippen LogP contribution in [0.1, 0.15) is 50.1 Å². The molecule has 0 radical (unpaired) electrons. The zero-order valence-corrected chi connectivity index (χ0v) is 27.6. The van der Waals surface area contributed by atoms with E-state index >= 15 is 0 Å². The molecule has 0 N–H and O–H groups in total. The molecule has 0 unspecified atom stereocenters. The van der Waals surface area contributed by atoms with Crippen LogP contribution in [0.3, 0.4) is 0 Å². The van der Waals surface area contributed by atoms with Crippen LogP contribution < -0.4 is 14.6 Å². The van der Waals surface area contributed by atoms with Crippen LogP contribution in [-0.2, 0) is 14.9 Å². The minimum absolute atomic E-state index is 0.0646. The highest BCUT2D eigenvalue weighted by Crippen LogP contribution is 2.40. The maximum atomic E-state index is 13.8. The fraction of sp³-hybridized carbons (Fsp3) is 0.171. The van der Waals surface area contributed by atoms with Crippen molar-refractivity contribution in [3.8, 4) is 22.8 Å². The third kappa shape index (κ3) is 6.45. The van der Waals surface area contributed by atoms with Gasteiger partial charge in [0.1, 0.15) is 28.8 Å². The van der Waals surface area contributed by atoms with Gasteiger partial charge in [-0.3, -0.25) is 4.79 Å². The number of carbonyl (C=O) groups is 1. The molecule has 0 fully saturated rings. The number of allylic oxidation sites excluding steroid dienone is 7. The van der Waals surface area contributed by atoms with Gasteiger partial charge in [0.15, 0.2) is 5.78 Å². The Morgan fingerprint density at radius 1 is 0.833 bits per heavy atom. The number of carbonyl (C=O) groups excluding carboxylic acids is 1. The van der Waals surface area contributed by atoms with Crippen molar-refractivity contribution >= 4 is 22.9 Å². The zero-order valence-electron chi connectivity index (χ0n) is 27.6. The van der Waals surface area contributed by atoms with Crippen molar-refractivity contribution in [2.75, 3.05) is 14.2 Å². The SMILES string of the molecule is COc1cc(OC)cc(C2=CC(=CC3=C([O-])C(=C(C)c4cc(-c5ccccc5)[o+]c(C(C)(C)C)c4)C3=O)C=C(c3ccc(F)cc3)O2)c1. The average Bonchev–Trinajstić information content (AvgIpc) is 3.10. The van der Waals surface area contributed by atoms with Gasteiger partial charge in [-0.15, -0.1) is 0 Å². The molecule has 0 saturated carbocycles. The Bertz CT molecular complexity index is 2050. The summed E-state index contributed by atoms with van der Waals surface area (Å²) in [4.78, 5) is 13.7. The maximum Gasteiger partial charge on any atom is 0.360 e. The van der Waals surface area contributed by atoms with Crippen LogP contribution in [0.4, 0.5) is 4.39 Å². The van der Waals surface area contributed by atoms with Crippen molar-refractivity contribution in [3.63, 3.8) is 0 Å². The van der Waals surface area contributed by atoms with E-state index in [2.05, 4.69) is 20.8 Å². The number of benzene rings is 3. The number of Topliss-reactive ketones (excluding diaryl/α,β-unsaturated/α-hetero) is 1. The van der Waals surface area contributed by atoms with Gasteiger partial charge in [-0.25, -0.2) is 8.81 Å². The van der Waals surface area contributed by atoms with Crippen molar-refractivity contribution in [3.05, 3.63) is 154 Å². The predicted molar refractivity (Wildman–Crippen MR) is 183 cm³/mol. The van der Waals surface area contributed by atoms with Crippen LogP contribution in [0.2, 0.25) is 0 Å². The first-order valence-corrected chi connectivity index (χ1v) is 15.5. The molecule has 6 nitrogen and oxygen atoms in total. The normalized spacial score (nSPS) is 16.6. The van der Waals surface area contributed by atoms with Crippen LogP contribution >= 0.6 is 0 Å². The molecule has 0 amide bonds.